The lowest BCUT2D eigenvalue weighted by molar-refractivity contribution is -0.384. The van der Waals surface area contributed by atoms with Crippen molar-refractivity contribution in [3.8, 4) is 5.75 Å². The Kier molecular flexibility index (Phi) is 4.24. The average molecular weight is 264 g/mol. The monoisotopic (exact) mass is 264 g/mol. The first-order valence-corrected chi connectivity index (χ1v) is 6.71. The maximum absolute atomic E-state index is 10.8. The highest BCUT2D eigenvalue weighted by molar-refractivity contribution is 5.62. The fraction of sp³-hybridized carbons (Fsp3) is 0.571. The van der Waals surface area contributed by atoms with Gasteiger partial charge in [0.15, 0.2) is 0 Å². The molecule has 1 fully saturated rings. The number of nitrogens with one attached hydrogen (secondary N) is 1. The Bertz CT molecular complexity index is 462. The molecule has 0 aliphatic heterocycles. The predicted octanol–water partition coefficient (Wildman–Crippen LogP) is 3.59. The van der Waals surface area contributed by atoms with E-state index in [1.807, 2.05) is 0 Å². The molecule has 1 aromatic carbocycles. The standard InChI is InChI=1S/C14H20N2O3/c1-10-5-3-4-6-12(10)15-13-9-11(16(17)18)7-8-14(13)19-2/h7-10,12,15H,3-6H2,1-2H3/t10-,12+/m1/s1. The molecular formula is C14H20N2O3. The molecule has 2 rings (SSSR count). The van der Waals surface area contributed by atoms with Crippen molar-refractivity contribution in [3.63, 3.8) is 0 Å². The van der Waals surface area contributed by atoms with Crippen LogP contribution in [0.5, 0.6) is 5.75 Å². The zero-order valence-corrected chi connectivity index (χ0v) is 11.4. The fourth-order valence-corrected chi connectivity index (χ4v) is 2.65. The molecule has 1 N–H and O–H groups in total. The van der Waals surface area contributed by atoms with E-state index in [1.165, 1.54) is 25.3 Å². The van der Waals surface area contributed by atoms with Crippen LogP contribution < -0.4 is 10.1 Å². The topological polar surface area (TPSA) is 64.4 Å². The van der Waals surface area contributed by atoms with Gasteiger partial charge >= 0.3 is 0 Å². The second kappa shape index (κ2) is 5.91. The molecule has 0 saturated heterocycles. The summed E-state index contributed by atoms with van der Waals surface area (Å²) in [6, 6.07) is 5.03. The second-order valence-electron chi connectivity index (χ2n) is 5.15. The number of nitrogens with zero attached hydrogens (tertiary/aromatic N) is 1. The van der Waals surface area contributed by atoms with Crippen molar-refractivity contribution in [2.75, 3.05) is 12.4 Å². The van der Waals surface area contributed by atoms with E-state index < -0.39 is 0 Å². The summed E-state index contributed by atoms with van der Waals surface area (Å²) >= 11 is 0. The summed E-state index contributed by atoms with van der Waals surface area (Å²) in [5.41, 5.74) is 0.808. The summed E-state index contributed by atoms with van der Waals surface area (Å²) in [4.78, 5) is 10.5. The first-order valence-electron chi connectivity index (χ1n) is 6.71. The van der Waals surface area contributed by atoms with Crippen LogP contribution in [0.1, 0.15) is 32.6 Å². The van der Waals surface area contributed by atoms with E-state index in [9.17, 15) is 10.1 Å². The molecule has 104 valence electrons. The summed E-state index contributed by atoms with van der Waals surface area (Å²) in [5, 5.41) is 14.3. The molecule has 0 aromatic heterocycles. The molecular weight excluding hydrogens is 244 g/mol. The van der Waals surface area contributed by atoms with Gasteiger partial charge in [-0.15, -0.1) is 0 Å². The van der Waals surface area contributed by atoms with E-state index >= 15 is 0 Å². The summed E-state index contributed by atoms with van der Waals surface area (Å²) < 4.78 is 5.27. The SMILES string of the molecule is COc1ccc([N+](=O)[O-])cc1N[C@H]1CCCC[C@H]1C. The molecule has 0 bridgehead atoms. The Morgan fingerprint density at radius 3 is 2.74 bits per heavy atom. The molecule has 19 heavy (non-hydrogen) atoms. The highest BCUT2D eigenvalue weighted by Crippen LogP contribution is 2.33. The molecule has 0 amide bonds. The van der Waals surface area contributed by atoms with Gasteiger partial charge in [0.25, 0.3) is 5.69 Å². The second-order valence-corrected chi connectivity index (χ2v) is 5.15. The summed E-state index contributed by atoms with van der Waals surface area (Å²) in [6.45, 7) is 2.22. The lowest BCUT2D eigenvalue weighted by Gasteiger charge is -2.30. The number of methoxy groups -OCH3 is 1. The van der Waals surface area contributed by atoms with Gasteiger partial charge in [0.05, 0.1) is 17.7 Å². The van der Waals surface area contributed by atoms with E-state index in [2.05, 4.69) is 12.2 Å². The Hall–Kier alpha value is -1.78. The largest absolute Gasteiger partial charge is 0.495 e. The molecule has 0 heterocycles. The first kappa shape index (κ1) is 13.6. The Morgan fingerprint density at radius 2 is 2.11 bits per heavy atom. The molecule has 5 nitrogen and oxygen atoms in total. The molecule has 1 saturated carbocycles. The summed E-state index contributed by atoms with van der Waals surface area (Å²) in [7, 11) is 1.58. The van der Waals surface area contributed by atoms with Crippen molar-refractivity contribution in [2.24, 2.45) is 5.92 Å². The average Bonchev–Trinajstić information content (AvgIpc) is 2.41. The van der Waals surface area contributed by atoms with Crippen LogP contribution in [0.25, 0.3) is 0 Å². The van der Waals surface area contributed by atoms with Crippen molar-refractivity contribution in [1.29, 1.82) is 0 Å². The van der Waals surface area contributed by atoms with Gasteiger partial charge in [-0.2, -0.15) is 0 Å². The van der Waals surface area contributed by atoms with Gasteiger partial charge in [-0.3, -0.25) is 10.1 Å². The Morgan fingerprint density at radius 1 is 1.37 bits per heavy atom. The third kappa shape index (κ3) is 3.16. The Labute approximate surface area is 113 Å². The minimum atomic E-state index is -0.380. The highest BCUT2D eigenvalue weighted by atomic mass is 16.6. The van der Waals surface area contributed by atoms with Gasteiger partial charge in [0, 0.05) is 18.2 Å². The van der Waals surface area contributed by atoms with E-state index in [0.717, 1.165) is 12.1 Å². The van der Waals surface area contributed by atoms with Crippen molar-refractivity contribution >= 4 is 11.4 Å². The first-order chi connectivity index (χ1) is 9.11. The minimum Gasteiger partial charge on any atom is -0.495 e. The zero-order valence-electron chi connectivity index (χ0n) is 11.4. The summed E-state index contributed by atoms with van der Waals surface area (Å²) in [5.74, 6) is 1.24. The quantitative estimate of drug-likeness (QED) is 0.666. The van der Waals surface area contributed by atoms with Gasteiger partial charge in [0.1, 0.15) is 5.75 Å². The highest BCUT2D eigenvalue weighted by Gasteiger charge is 2.22. The lowest BCUT2D eigenvalue weighted by Crippen LogP contribution is -2.30. The van der Waals surface area contributed by atoms with Gasteiger partial charge in [0.2, 0.25) is 0 Å². The number of anilines is 1. The molecule has 0 radical (unpaired) electrons. The molecule has 1 aromatic rings. The van der Waals surface area contributed by atoms with Crippen LogP contribution in [0.15, 0.2) is 18.2 Å². The van der Waals surface area contributed by atoms with Crippen molar-refractivity contribution in [3.05, 3.63) is 28.3 Å². The van der Waals surface area contributed by atoms with E-state index in [0.29, 0.717) is 17.7 Å². The third-order valence-corrected chi connectivity index (χ3v) is 3.85. The number of hydrogen-bond acceptors (Lipinski definition) is 4. The van der Waals surface area contributed by atoms with Gasteiger partial charge in [-0.25, -0.2) is 0 Å². The number of ether oxygens (including phenoxy) is 1. The van der Waals surface area contributed by atoms with Gasteiger partial charge in [-0.05, 0) is 24.8 Å². The Balaban J connectivity index is 2.21. The smallest absolute Gasteiger partial charge is 0.271 e. The number of benzene rings is 1. The molecule has 5 heteroatoms. The third-order valence-electron chi connectivity index (χ3n) is 3.85. The zero-order chi connectivity index (χ0) is 13.8. The maximum Gasteiger partial charge on any atom is 0.271 e. The minimum absolute atomic E-state index is 0.0896. The number of non-ortho nitro benzene ring substituents is 1. The van der Waals surface area contributed by atoms with Crippen molar-refractivity contribution < 1.29 is 9.66 Å². The van der Waals surface area contributed by atoms with Crippen molar-refractivity contribution in [1.82, 2.24) is 0 Å². The van der Waals surface area contributed by atoms with E-state index in [-0.39, 0.29) is 10.6 Å². The normalized spacial score (nSPS) is 22.8. The van der Waals surface area contributed by atoms with Crippen LogP contribution >= 0.6 is 0 Å². The fourth-order valence-electron chi connectivity index (χ4n) is 2.65. The molecule has 0 spiro atoms. The number of rotatable bonds is 4. The van der Waals surface area contributed by atoms with Crippen LogP contribution in [0.2, 0.25) is 0 Å². The summed E-state index contributed by atoms with van der Waals surface area (Å²) in [6.07, 6.45) is 4.78. The molecule has 1 aliphatic rings. The molecule has 2 atom stereocenters. The number of nitro groups is 1. The number of nitro benzene ring substituents is 1. The van der Waals surface area contributed by atoms with Crippen LogP contribution in [-0.4, -0.2) is 18.1 Å². The van der Waals surface area contributed by atoms with Crippen molar-refractivity contribution in [2.45, 2.75) is 38.6 Å². The maximum atomic E-state index is 10.8. The van der Waals surface area contributed by atoms with E-state index in [4.69, 9.17) is 4.74 Å². The van der Waals surface area contributed by atoms with E-state index in [1.54, 1.807) is 19.2 Å². The predicted molar refractivity (Wildman–Crippen MR) is 74.7 cm³/mol. The molecule has 1 aliphatic carbocycles. The van der Waals surface area contributed by atoms with Gasteiger partial charge in [-0.1, -0.05) is 19.8 Å². The van der Waals surface area contributed by atoms with Crippen LogP contribution in [0.3, 0.4) is 0 Å². The van der Waals surface area contributed by atoms with Crippen LogP contribution in [0.4, 0.5) is 11.4 Å². The van der Waals surface area contributed by atoms with Crippen LogP contribution in [-0.2, 0) is 0 Å². The number of hydrogen-bond donors (Lipinski definition) is 1. The molecule has 0 unspecified atom stereocenters. The lowest BCUT2D eigenvalue weighted by atomic mass is 9.86. The van der Waals surface area contributed by atoms with Gasteiger partial charge < -0.3 is 10.1 Å². The van der Waals surface area contributed by atoms with Crippen LogP contribution in [0, 0.1) is 16.0 Å².